The standard InChI is InChI=1S/C13H23NO2/c1-13(2,16)10-14(3)12(15)9-11-7-5-4-6-8-11/h7,16H,4-6,8-10H2,1-3H3. The number of allylic oxidation sites excluding steroid dienone is 1. The average molecular weight is 225 g/mol. The number of likely N-dealkylation sites (N-methyl/N-ethyl adjacent to an activating group) is 1. The number of nitrogens with zero attached hydrogens (tertiary/aromatic N) is 1. The summed E-state index contributed by atoms with van der Waals surface area (Å²) in [5.74, 6) is 0.107. The highest BCUT2D eigenvalue weighted by Gasteiger charge is 2.20. The van der Waals surface area contributed by atoms with Gasteiger partial charge < -0.3 is 10.0 Å². The molecule has 0 atom stereocenters. The van der Waals surface area contributed by atoms with E-state index in [0.29, 0.717) is 13.0 Å². The minimum Gasteiger partial charge on any atom is -0.389 e. The van der Waals surface area contributed by atoms with Crippen LogP contribution in [0.5, 0.6) is 0 Å². The number of aliphatic hydroxyl groups is 1. The molecule has 0 aliphatic heterocycles. The van der Waals surface area contributed by atoms with Crippen LogP contribution in [-0.2, 0) is 4.79 Å². The molecule has 0 heterocycles. The van der Waals surface area contributed by atoms with Crippen molar-refractivity contribution >= 4 is 5.91 Å². The van der Waals surface area contributed by atoms with Crippen molar-refractivity contribution < 1.29 is 9.90 Å². The van der Waals surface area contributed by atoms with Crippen LogP contribution in [0.15, 0.2) is 11.6 Å². The Bertz CT molecular complexity index is 276. The quantitative estimate of drug-likeness (QED) is 0.744. The second-order valence-corrected chi connectivity index (χ2v) is 5.35. The largest absolute Gasteiger partial charge is 0.389 e. The molecule has 0 spiro atoms. The molecule has 0 aromatic carbocycles. The van der Waals surface area contributed by atoms with Crippen molar-refractivity contribution in [1.29, 1.82) is 0 Å². The van der Waals surface area contributed by atoms with E-state index in [1.807, 2.05) is 0 Å². The first kappa shape index (κ1) is 13.2. The topological polar surface area (TPSA) is 40.5 Å². The SMILES string of the molecule is CN(CC(C)(C)O)C(=O)CC1=CCCCC1. The second kappa shape index (κ2) is 5.48. The monoisotopic (exact) mass is 225 g/mol. The lowest BCUT2D eigenvalue weighted by atomic mass is 9.96. The van der Waals surface area contributed by atoms with E-state index in [1.165, 1.54) is 18.4 Å². The lowest BCUT2D eigenvalue weighted by molar-refractivity contribution is -0.131. The average Bonchev–Trinajstić information content (AvgIpc) is 2.16. The van der Waals surface area contributed by atoms with E-state index in [9.17, 15) is 9.90 Å². The Labute approximate surface area is 98.1 Å². The Hall–Kier alpha value is -0.830. The first-order chi connectivity index (χ1) is 7.38. The normalized spacial score (nSPS) is 16.9. The molecule has 1 N–H and O–H groups in total. The summed E-state index contributed by atoms with van der Waals surface area (Å²) < 4.78 is 0. The van der Waals surface area contributed by atoms with Crippen LogP contribution in [0.2, 0.25) is 0 Å². The Balaban J connectivity index is 2.42. The van der Waals surface area contributed by atoms with Crippen molar-refractivity contribution in [2.75, 3.05) is 13.6 Å². The van der Waals surface area contributed by atoms with Gasteiger partial charge in [0.2, 0.25) is 5.91 Å². The van der Waals surface area contributed by atoms with Crippen LogP contribution < -0.4 is 0 Å². The third-order valence-corrected chi connectivity index (χ3v) is 2.81. The van der Waals surface area contributed by atoms with Gasteiger partial charge in [-0.3, -0.25) is 4.79 Å². The van der Waals surface area contributed by atoms with Gasteiger partial charge in [-0.2, -0.15) is 0 Å². The predicted molar refractivity (Wildman–Crippen MR) is 65.1 cm³/mol. The molecule has 0 unspecified atom stereocenters. The van der Waals surface area contributed by atoms with E-state index in [1.54, 1.807) is 25.8 Å². The summed E-state index contributed by atoms with van der Waals surface area (Å²) in [5.41, 5.74) is 0.449. The van der Waals surface area contributed by atoms with Gasteiger partial charge in [-0.05, 0) is 39.5 Å². The van der Waals surface area contributed by atoms with E-state index >= 15 is 0 Å². The Morgan fingerprint density at radius 2 is 2.19 bits per heavy atom. The molecule has 3 nitrogen and oxygen atoms in total. The molecule has 92 valence electrons. The minimum atomic E-state index is -0.814. The van der Waals surface area contributed by atoms with Crippen molar-refractivity contribution in [2.45, 2.75) is 51.6 Å². The first-order valence-electron chi connectivity index (χ1n) is 6.03. The number of carbonyl (C=O) groups is 1. The molecule has 0 aromatic heterocycles. The molecular weight excluding hydrogens is 202 g/mol. The molecule has 1 rings (SSSR count). The van der Waals surface area contributed by atoms with Crippen molar-refractivity contribution in [3.8, 4) is 0 Å². The van der Waals surface area contributed by atoms with E-state index in [0.717, 1.165) is 12.8 Å². The highest BCUT2D eigenvalue weighted by atomic mass is 16.3. The first-order valence-corrected chi connectivity index (χ1v) is 6.03. The summed E-state index contributed by atoms with van der Waals surface area (Å²) in [6.07, 6.45) is 7.33. The third-order valence-electron chi connectivity index (χ3n) is 2.81. The summed E-state index contributed by atoms with van der Waals surface area (Å²) >= 11 is 0. The van der Waals surface area contributed by atoms with Gasteiger partial charge in [0.15, 0.2) is 0 Å². The summed E-state index contributed by atoms with van der Waals surface area (Å²) in [7, 11) is 1.75. The van der Waals surface area contributed by atoms with Gasteiger partial charge in [0.05, 0.1) is 5.60 Å². The molecule has 0 saturated heterocycles. The maximum absolute atomic E-state index is 11.9. The molecule has 1 amide bonds. The van der Waals surface area contributed by atoms with Gasteiger partial charge in [-0.25, -0.2) is 0 Å². The smallest absolute Gasteiger partial charge is 0.226 e. The third kappa shape index (κ3) is 4.79. The summed E-state index contributed by atoms with van der Waals surface area (Å²) in [5, 5.41) is 9.63. The highest BCUT2D eigenvalue weighted by Crippen LogP contribution is 2.20. The van der Waals surface area contributed by atoms with Gasteiger partial charge >= 0.3 is 0 Å². The van der Waals surface area contributed by atoms with Crippen LogP contribution >= 0.6 is 0 Å². The van der Waals surface area contributed by atoms with Crippen LogP contribution in [0.25, 0.3) is 0 Å². The number of hydrogen-bond donors (Lipinski definition) is 1. The molecule has 3 heteroatoms. The van der Waals surface area contributed by atoms with E-state index in [-0.39, 0.29) is 5.91 Å². The van der Waals surface area contributed by atoms with E-state index in [4.69, 9.17) is 0 Å². The molecular formula is C13H23NO2. The lowest BCUT2D eigenvalue weighted by Gasteiger charge is -2.26. The zero-order chi connectivity index (χ0) is 12.2. The fourth-order valence-corrected chi connectivity index (χ4v) is 2.06. The Morgan fingerprint density at radius 1 is 1.50 bits per heavy atom. The summed E-state index contributed by atoms with van der Waals surface area (Å²) in [4.78, 5) is 13.5. The van der Waals surface area contributed by atoms with Crippen LogP contribution in [0.4, 0.5) is 0 Å². The van der Waals surface area contributed by atoms with Crippen LogP contribution in [-0.4, -0.2) is 35.1 Å². The summed E-state index contributed by atoms with van der Waals surface area (Å²) in [6, 6.07) is 0. The molecule has 0 saturated carbocycles. The minimum absolute atomic E-state index is 0.107. The number of hydrogen-bond acceptors (Lipinski definition) is 2. The van der Waals surface area contributed by atoms with Crippen LogP contribution in [0.3, 0.4) is 0 Å². The number of rotatable bonds is 4. The Morgan fingerprint density at radius 3 is 2.69 bits per heavy atom. The molecule has 0 fully saturated rings. The van der Waals surface area contributed by atoms with Gasteiger partial charge in [-0.15, -0.1) is 0 Å². The zero-order valence-corrected chi connectivity index (χ0v) is 10.6. The maximum atomic E-state index is 11.9. The van der Waals surface area contributed by atoms with Crippen molar-refractivity contribution in [1.82, 2.24) is 4.90 Å². The highest BCUT2D eigenvalue weighted by molar-refractivity contribution is 5.78. The molecule has 1 aliphatic carbocycles. The predicted octanol–water partition coefficient (Wildman–Crippen LogP) is 2.11. The molecule has 0 bridgehead atoms. The lowest BCUT2D eigenvalue weighted by Crippen LogP contribution is -2.39. The van der Waals surface area contributed by atoms with Crippen molar-refractivity contribution in [3.63, 3.8) is 0 Å². The zero-order valence-electron chi connectivity index (χ0n) is 10.6. The summed E-state index contributed by atoms with van der Waals surface area (Å²) in [6.45, 7) is 3.83. The van der Waals surface area contributed by atoms with Gasteiger partial charge in [0.25, 0.3) is 0 Å². The van der Waals surface area contributed by atoms with Crippen LogP contribution in [0, 0.1) is 0 Å². The molecule has 0 aromatic rings. The molecule has 1 aliphatic rings. The van der Waals surface area contributed by atoms with Gasteiger partial charge in [0, 0.05) is 20.0 Å². The van der Waals surface area contributed by atoms with Crippen LogP contribution in [0.1, 0.15) is 46.0 Å². The van der Waals surface area contributed by atoms with Crippen molar-refractivity contribution in [3.05, 3.63) is 11.6 Å². The maximum Gasteiger partial charge on any atom is 0.226 e. The van der Waals surface area contributed by atoms with E-state index < -0.39 is 5.60 Å². The van der Waals surface area contributed by atoms with E-state index in [2.05, 4.69) is 6.08 Å². The number of carbonyl (C=O) groups excluding carboxylic acids is 1. The second-order valence-electron chi connectivity index (χ2n) is 5.35. The van der Waals surface area contributed by atoms with Gasteiger partial charge in [0.1, 0.15) is 0 Å². The molecule has 16 heavy (non-hydrogen) atoms. The number of amides is 1. The molecule has 0 radical (unpaired) electrons. The Kier molecular flexibility index (Phi) is 4.54. The van der Waals surface area contributed by atoms with Gasteiger partial charge in [-0.1, -0.05) is 11.6 Å². The van der Waals surface area contributed by atoms with Crippen molar-refractivity contribution in [2.24, 2.45) is 0 Å². The fourth-order valence-electron chi connectivity index (χ4n) is 2.06. The fraction of sp³-hybridized carbons (Fsp3) is 0.769.